The Balaban J connectivity index is 3.01. The summed E-state index contributed by atoms with van der Waals surface area (Å²) >= 11 is 0. The van der Waals surface area contributed by atoms with Crippen molar-refractivity contribution >= 4 is 0 Å². The Labute approximate surface area is 174 Å². The van der Waals surface area contributed by atoms with Gasteiger partial charge in [0.2, 0.25) is 10.8 Å². The zero-order valence-corrected chi connectivity index (χ0v) is 14.8. The Morgan fingerprint density at radius 1 is 0.286 bits per heavy atom. The van der Waals surface area contributed by atoms with E-state index in [2.05, 4.69) is 0 Å². The van der Waals surface area contributed by atoms with Gasteiger partial charge in [-0.05, 0) is 0 Å². The molecule has 0 saturated heterocycles. The lowest BCUT2D eigenvalue weighted by atomic mass is 9.29. The normalized spacial score (nSPS) is 44.4. The van der Waals surface area contributed by atoms with Crippen LogP contribution in [0.3, 0.4) is 0 Å². The van der Waals surface area contributed by atoms with Crippen LogP contribution in [-0.4, -0.2) is 65.1 Å². The molecule has 4 bridgehead atoms. The monoisotopic (exact) mass is 574 g/mol. The molecule has 4 aliphatic carbocycles. The van der Waals surface area contributed by atoms with Gasteiger partial charge in [0.25, 0.3) is 5.67 Å². The first-order valence-corrected chi connectivity index (χ1v) is 7.91. The van der Waals surface area contributed by atoms with E-state index in [4.69, 9.17) is 0 Å². The zero-order valence-electron chi connectivity index (χ0n) is 14.8. The summed E-state index contributed by atoms with van der Waals surface area (Å²) in [4.78, 5) is 0. The van der Waals surface area contributed by atoms with Crippen molar-refractivity contribution in [3.8, 4) is 0 Å². The van der Waals surface area contributed by atoms with Crippen molar-refractivity contribution < 1.29 is 96.6 Å². The maximum absolute atomic E-state index is 15.1. The van der Waals surface area contributed by atoms with Crippen LogP contribution in [0.25, 0.3) is 0 Å². The van der Waals surface area contributed by atoms with Crippen LogP contribution in [0.15, 0.2) is 0 Å². The smallest absolute Gasteiger partial charge is 0.229 e. The van der Waals surface area contributed by atoms with E-state index in [0.717, 1.165) is 0 Å². The summed E-state index contributed by atoms with van der Waals surface area (Å²) < 4.78 is 310. The van der Waals surface area contributed by atoms with E-state index in [0.29, 0.717) is 0 Å². The molecule has 206 valence electrons. The van der Waals surface area contributed by atoms with Gasteiger partial charge in [-0.2, -0.15) is 65.9 Å². The third-order valence-electron chi connectivity index (χ3n) is 6.76. The molecule has 0 aromatic heterocycles. The average molecular weight is 574 g/mol. The van der Waals surface area contributed by atoms with Crippen LogP contribution >= 0.6 is 0 Å². The fourth-order valence-corrected chi connectivity index (χ4v) is 5.55. The largest absolute Gasteiger partial charge is 0.408 e. The number of hydrogen-bond acceptors (Lipinski definition) is 0. The molecule has 0 spiro atoms. The van der Waals surface area contributed by atoms with Gasteiger partial charge in [0.1, 0.15) is 0 Å². The molecule has 2 unspecified atom stereocenters. The Kier molecular flexibility index (Phi) is 4.40. The summed E-state index contributed by atoms with van der Waals surface area (Å²) in [5.74, 6) is -45.0. The van der Waals surface area contributed by atoms with E-state index in [9.17, 15) is 92.2 Å². The first-order valence-electron chi connectivity index (χ1n) is 7.91. The summed E-state index contributed by atoms with van der Waals surface area (Å²) in [6, 6.07) is 0. The Hall–Kier alpha value is -1.54. The van der Waals surface area contributed by atoms with E-state index < -0.39 is 76.0 Å². The molecular weight excluding hydrogens is 574 g/mol. The molecule has 22 heteroatoms. The third-order valence-corrected chi connectivity index (χ3v) is 6.76. The van der Waals surface area contributed by atoms with Crippen molar-refractivity contribution in [2.24, 2.45) is 10.8 Å². The highest BCUT2D eigenvalue weighted by Gasteiger charge is 3.27. The first kappa shape index (κ1) is 28.0. The zero-order chi connectivity index (χ0) is 28.5. The van der Waals surface area contributed by atoms with Crippen LogP contribution in [0.4, 0.5) is 96.6 Å². The van der Waals surface area contributed by atoms with Crippen molar-refractivity contribution in [1.29, 1.82) is 0 Å². The second kappa shape index (κ2) is 5.50. The second-order valence-corrected chi connectivity index (χ2v) is 7.84. The van der Waals surface area contributed by atoms with Gasteiger partial charge in [-0.25, -0.2) is 30.7 Å². The first-order chi connectivity index (χ1) is 14.8. The van der Waals surface area contributed by atoms with Gasteiger partial charge in [0, 0.05) is 0 Å². The lowest BCUT2D eigenvalue weighted by molar-refractivity contribution is -0.662. The topological polar surface area (TPSA) is 0 Å². The van der Waals surface area contributed by atoms with Crippen molar-refractivity contribution in [3.05, 3.63) is 0 Å². The number of alkyl halides is 22. The van der Waals surface area contributed by atoms with Crippen molar-refractivity contribution in [1.82, 2.24) is 0 Å². The molecule has 0 aromatic carbocycles. The van der Waals surface area contributed by atoms with Gasteiger partial charge in [0.15, 0.2) is 0 Å². The van der Waals surface area contributed by atoms with E-state index in [-0.39, 0.29) is 0 Å². The maximum Gasteiger partial charge on any atom is 0.408 e. The predicted octanol–water partition coefficient (Wildman–Crippen LogP) is 6.99. The van der Waals surface area contributed by atoms with E-state index in [1.807, 2.05) is 0 Å². The molecule has 0 amide bonds. The molecule has 0 aliphatic heterocycles. The molecule has 4 saturated carbocycles. The third kappa shape index (κ3) is 1.69. The van der Waals surface area contributed by atoms with Gasteiger partial charge in [-0.15, -0.1) is 0 Å². The molecule has 0 N–H and O–H groups in total. The van der Waals surface area contributed by atoms with Crippen LogP contribution in [0, 0.1) is 10.8 Å². The minimum absolute atomic E-state index is 8.66. The van der Waals surface area contributed by atoms with E-state index >= 15 is 4.39 Å². The summed E-state index contributed by atoms with van der Waals surface area (Å²) in [7, 11) is 0. The summed E-state index contributed by atoms with van der Waals surface area (Å²) in [5, 5.41) is 0. The fourth-order valence-electron chi connectivity index (χ4n) is 5.55. The molecule has 35 heavy (non-hydrogen) atoms. The number of hydrogen-bond donors (Lipinski definition) is 0. The van der Waals surface area contributed by atoms with Gasteiger partial charge < -0.3 is 0 Å². The molecule has 4 aliphatic rings. The minimum Gasteiger partial charge on any atom is -0.229 e. The molecular formula is C13F22. The van der Waals surface area contributed by atoms with Crippen LogP contribution in [-0.2, 0) is 0 Å². The van der Waals surface area contributed by atoms with Crippen LogP contribution in [0.2, 0.25) is 0 Å². The van der Waals surface area contributed by atoms with Crippen LogP contribution in [0.5, 0.6) is 0 Å². The highest BCUT2D eigenvalue weighted by Crippen LogP contribution is 2.96. The van der Waals surface area contributed by atoms with Crippen molar-refractivity contribution in [2.75, 3.05) is 0 Å². The Bertz CT molecular complexity index is 901. The maximum atomic E-state index is 15.1. The van der Waals surface area contributed by atoms with Crippen LogP contribution < -0.4 is 0 Å². The predicted molar refractivity (Wildman–Crippen MR) is 59.3 cm³/mol. The summed E-state index contributed by atoms with van der Waals surface area (Å²) in [6.07, 6.45) is -27.3. The number of rotatable bonds is 0. The Morgan fingerprint density at radius 3 is 0.714 bits per heavy atom. The minimum atomic E-state index is -9.56. The Morgan fingerprint density at radius 2 is 0.514 bits per heavy atom. The average Bonchev–Trinajstić information content (AvgIpc) is 2.55. The van der Waals surface area contributed by atoms with Gasteiger partial charge in [-0.3, -0.25) is 0 Å². The van der Waals surface area contributed by atoms with Gasteiger partial charge in [-0.1, -0.05) is 0 Å². The molecule has 2 atom stereocenters. The lowest BCUT2D eigenvalue weighted by Gasteiger charge is -2.78. The molecule has 4 rings (SSSR count). The second-order valence-electron chi connectivity index (χ2n) is 7.84. The van der Waals surface area contributed by atoms with Gasteiger partial charge in [0.05, 0.1) is 0 Å². The quantitative estimate of drug-likeness (QED) is 0.274. The van der Waals surface area contributed by atoms with Crippen LogP contribution in [0.1, 0.15) is 0 Å². The van der Waals surface area contributed by atoms with E-state index in [1.165, 1.54) is 0 Å². The summed E-state index contributed by atoms with van der Waals surface area (Å²) in [5.41, 5.74) is -45.8. The molecule has 0 nitrogen and oxygen atoms in total. The SMILES string of the molecule is FC(F)(F)C12C(F)(F)C3(F)C(F)(F)C(F)(C(F)(F)C(F)(C3(F)F)C1(C(F)(F)F)C(F)(F)F)C2(F)F. The molecule has 0 aromatic rings. The van der Waals surface area contributed by atoms with Gasteiger partial charge >= 0.3 is 59.5 Å². The molecule has 0 heterocycles. The van der Waals surface area contributed by atoms with E-state index in [1.54, 1.807) is 0 Å². The standard InChI is InChI=1S/C13F22/c14-3-1(11(27,28)29,12(30,31)32)2(13(33,34)35)6(17,18)4(15,8(3,21)22)10(25,26)5(16,7(2,19)20)9(3,23)24. The highest BCUT2D eigenvalue weighted by atomic mass is 19.4. The molecule has 0 radical (unpaired) electrons. The fraction of sp³-hybridized carbons (Fsp3) is 1.00. The highest BCUT2D eigenvalue weighted by molar-refractivity contribution is 5.55. The molecule has 4 fully saturated rings. The summed E-state index contributed by atoms with van der Waals surface area (Å²) in [6.45, 7) is 0. The number of halogens is 22. The lowest BCUT2D eigenvalue weighted by Crippen LogP contribution is -3.10. The van der Waals surface area contributed by atoms with Crippen molar-refractivity contribution in [2.45, 2.75) is 65.1 Å². The van der Waals surface area contributed by atoms with Crippen molar-refractivity contribution in [3.63, 3.8) is 0 Å².